The number of rotatable bonds is 3. The summed E-state index contributed by atoms with van der Waals surface area (Å²) >= 11 is 0. The van der Waals surface area contributed by atoms with E-state index in [0.717, 1.165) is 28.6 Å². The SMILES string of the molecule is N#CN1CC[C@@H](NC(=O)c2cc(-c3ccccc3)nc3ccccc23)C1. The molecule has 5 nitrogen and oxygen atoms in total. The Morgan fingerprint density at radius 2 is 1.92 bits per heavy atom. The molecule has 1 atom stereocenters. The third kappa shape index (κ3) is 3.09. The van der Waals surface area contributed by atoms with Gasteiger partial charge in [0.05, 0.1) is 16.8 Å². The molecule has 1 aliphatic heterocycles. The second-order valence-corrected chi connectivity index (χ2v) is 6.44. The molecule has 0 aliphatic carbocycles. The second kappa shape index (κ2) is 6.85. The van der Waals surface area contributed by atoms with Crippen LogP contribution in [0.1, 0.15) is 16.8 Å². The molecule has 1 saturated heterocycles. The van der Waals surface area contributed by atoms with Crippen LogP contribution in [0.2, 0.25) is 0 Å². The summed E-state index contributed by atoms with van der Waals surface area (Å²) in [5.74, 6) is -0.120. The number of carbonyl (C=O) groups is 1. The molecule has 1 aromatic heterocycles. The Bertz CT molecular complexity index is 994. The average Bonchev–Trinajstić information content (AvgIpc) is 3.15. The van der Waals surface area contributed by atoms with Crippen LogP contribution in [0.25, 0.3) is 22.2 Å². The van der Waals surface area contributed by atoms with Crippen LogP contribution in [-0.4, -0.2) is 34.9 Å². The van der Waals surface area contributed by atoms with Crippen LogP contribution in [0.4, 0.5) is 0 Å². The first-order valence-corrected chi connectivity index (χ1v) is 8.65. The highest BCUT2D eigenvalue weighted by molar-refractivity contribution is 6.07. The highest BCUT2D eigenvalue weighted by atomic mass is 16.1. The number of carbonyl (C=O) groups excluding carboxylic acids is 1. The van der Waals surface area contributed by atoms with Gasteiger partial charge < -0.3 is 10.2 Å². The summed E-state index contributed by atoms with van der Waals surface area (Å²) in [5.41, 5.74) is 3.16. The van der Waals surface area contributed by atoms with E-state index in [9.17, 15) is 4.79 Å². The smallest absolute Gasteiger partial charge is 0.252 e. The summed E-state index contributed by atoms with van der Waals surface area (Å²) in [6.45, 7) is 1.25. The number of nitrogens with zero attached hydrogens (tertiary/aromatic N) is 3. The van der Waals surface area contributed by atoms with Crippen LogP contribution in [0.5, 0.6) is 0 Å². The zero-order chi connectivity index (χ0) is 17.9. The number of benzene rings is 2. The molecule has 1 amide bonds. The molecule has 0 unspecified atom stereocenters. The molecule has 128 valence electrons. The fourth-order valence-electron chi connectivity index (χ4n) is 3.35. The van der Waals surface area contributed by atoms with Gasteiger partial charge in [-0.2, -0.15) is 5.26 Å². The highest BCUT2D eigenvalue weighted by Crippen LogP contribution is 2.25. The van der Waals surface area contributed by atoms with Crippen molar-refractivity contribution in [3.63, 3.8) is 0 Å². The predicted octanol–water partition coefficient (Wildman–Crippen LogP) is 3.19. The van der Waals surface area contributed by atoms with Crippen LogP contribution >= 0.6 is 0 Å². The van der Waals surface area contributed by atoms with E-state index in [-0.39, 0.29) is 11.9 Å². The number of hydrogen-bond acceptors (Lipinski definition) is 4. The summed E-state index contributed by atoms with van der Waals surface area (Å²) in [6, 6.07) is 19.4. The summed E-state index contributed by atoms with van der Waals surface area (Å²) in [6.07, 6.45) is 2.92. The van der Waals surface area contributed by atoms with Gasteiger partial charge in [0.25, 0.3) is 5.91 Å². The van der Waals surface area contributed by atoms with Crippen molar-refractivity contribution in [3.05, 3.63) is 66.2 Å². The highest BCUT2D eigenvalue weighted by Gasteiger charge is 2.24. The van der Waals surface area contributed by atoms with Gasteiger partial charge in [-0.25, -0.2) is 4.98 Å². The fourth-order valence-corrected chi connectivity index (χ4v) is 3.35. The molecule has 0 radical (unpaired) electrons. The monoisotopic (exact) mass is 342 g/mol. The van der Waals surface area contributed by atoms with E-state index in [2.05, 4.69) is 11.5 Å². The molecule has 26 heavy (non-hydrogen) atoms. The van der Waals surface area contributed by atoms with E-state index in [1.165, 1.54) is 0 Å². The Morgan fingerprint density at radius 3 is 2.69 bits per heavy atom. The van der Waals surface area contributed by atoms with Gasteiger partial charge in [0, 0.05) is 30.1 Å². The van der Waals surface area contributed by atoms with Crippen molar-refractivity contribution in [2.45, 2.75) is 12.5 Å². The predicted molar refractivity (Wildman–Crippen MR) is 100 cm³/mol. The van der Waals surface area contributed by atoms with Gasteiger partial charge in [-0.3, -0.25) is 4.79 Å². The van der Waals surface area contributed by atoms with Crippen molar-refractivity contribution in [1.82, 2.24) is 15.2 Å². The first-order valence-electron chi connectivity index (χ1n) is 8.65. The summed E-state index contributed by atoms with van der Waals surface area (Å²) in [4.78, 5) is 19.3. The minimum atomic E-state index is -0.120. The van der Waals surface area contributed by atoms with Gasteiger partial charge >= 0.3 is 0 Å². The first kappa shape index (κ1) is 16.1. The zero-order valence-electron chi connectivity index (χ0n) is 14.2. The van der Waals surface area contributed by atoms with Gasteiger partial charge in [0.15, 0.2) is 6.19 Å². The van der Waals surface area contributed by atoms with Crippen LogP contribution in [0, 0.1) is 11.5 Å². The quantitative estimate of drug-likeness (QED) is 0.742. The van der Waals surface area contributed by atoms with E-state index in [1.54, 1.807) is 4.90 Å². The maximum absolute atomic E-state index is 13.0. The molecule has 5 heteroatoms. The minimum Gasteiger partial charge on any atom is -0.347 e. The van der Waals surface area contributed by atoms with E-state index in [0.29, 0.717) is 18.7 Å². The summed E-state index contributed by atoms with van der Waals surface area (Å²) in [7, 11) is 0. The van der Waals surface area contributed by atoms with Crippen LogP contribution < -0.4 is 5.32 Å². The number of nitriles is 1. The number of pyridine rings is 1. The molecular formula is C21H18N4O. The van der Waals surface area contributed by atoms with E-state index < -0.39 is 0 Å². The molecular weight excluding hydrogens is 324 g/mol. The molecule has 0 bridgehead atoms. The minimum absolute atomic E-state index is 0.00532. The lowest BCUT2D eigenvalue weighted by Crippen LogP contribution is -2.36. The third-order valence-corrected chi connectivity index (χ3v) is 4.70. The van der Waals surface area contributed by atoms with Crippen molar-refractivity contribution >= 4 is 16.8 Å². The molecule has 0 spiro atoms. The lowest BCUT2D eigenvalue weighted by atomic mass is 10.0. The van der Waals surface area contributed by atoms with E-state index in [4.69, 9.17) is 10.2 Å². The van der Waals surface area contributed by atoms with Crippen LogP contribution in [0.3, 0.4) is 0 Å². The van der Waals surface area contributed by atoms with Crippen molar-refractivity contribution in [2.75, 3.05) is 13.1 Å². The van der Waals surface area contributed by atoms with Crippen molar-refractivity contribution in [3.8, 4) is 17.5 Å². The number of fused-ring (bicyclic) bond motifs is 1. The van der Waals surface area contributed by atoms with Crippen molar-refractivity contribution in [2.24, 2.45) is 0 Å². The topological polar surface area (TPSA) is 69.0 Å². The number of likely N-dealkylation sites (tertiary alicyclic amines) is 1. The molecule has 3 aromatic rings. The Morgan fingerprint density at radius 1 is 1.15 bits per heavy atom. The van der Waals surface area contributed by atoms with E-state index >= 15 is 0 Å². The van der Waals surface area contributed by atoms with Gasteiger partial charge in [-0.15, -0.1) is 0 Å². The number of nitrogens with one attached hydrogen (secondary N) is 1. The molecule has 1 fully saturated rings. The number of hydrogen-bond donors (Lipinski definition) is 1. The van der Waals surface area contributed by atoms with Gasteiger partial charge in [0.1, 0.15) is 0 Å². The standard InChI is InChI=1S/C21H18N4O/c22-14-25-11-10-16(13-25)23-21(26)18-12-20(15-6-2-1-3-7-15)24-19-9-5-4-8-17(18)19/h1-9,12,16H,10-11,13H2,(H,23,26)/t16-/m1/s1. The second-order valence-electron chi connectivity index (χ2n) is 6.44. The molecule has 2 aromatic carbocycles. The molecule has 4 rings (SSSR count). The molecule has 1 aliphatic rings. The van der Waals surface area contributed by atoms with Crippen LogP contribution in [0.15, 0.2) is 60.7 Å². The molecule has 2 heterocycles. The Balaban J connectivity index is 1.71. The maximum Gasteiger partial charge on any atom is 0.252 e. The van der Waals surface area contributed by atoms with E-state index in [1.807, 2.05) is 60.7 Å². The average molecular weight is 342 g/mol. The van der Waals surface area contributed by atoms with Crippen molar-refractivity contribution < 1.29 is 4.79 Å². The molecule has 1 N–H and O–H groups in total. The maximum atomic E-state index is 13.0. The Labute approximate surface area is 151 Å². The normalized spacial score (nSPS) is 16.4. The number of aromatic nitrogens is 1. The Kier molecular flexibility index (Phi) is 4.24. The lowest BCUT2D eigenvalue weighted by molar-refractivity contribution is 0.0940. The van der Waals surface area contributed by atoms with Gasteiger partial charge in [-0.05, 0) is 18.6 Å². The third-order valence-electron chi connectivity index (χ3n) is 4.70. The lowest BCUT2D eigenvalue weighted by Gasteiger charge is -2.14. The first-order chi connectivity index (χ1) is 12.7. The fraction of sp³-hybridized carbons (Fsp3) is 0.190. The van der Waals surface area contributed by atoms with Crippen LogP contribution in [-0.2, 0) is 0 Å². The number of para-hydroxylation sites is 1. The zero-order valence-corrected chi connectivity index (χ0v) is 14.2. The van der Waals surface area contributed by atoms with Crippen molar-refractivity contribution in [1.29, 1.82) is 5.26 Å². The van der Waals surface area contributed by atoms with Gasteiger partial charge in [0.2, 0.25) is 0 Å². The largest absolute Gasteiger partial charge is 0.347 e. The van der Waals surface area contributed by atoms with Gasteiger partial charge in [-0.1, -0.05) is 48.5 Å². The molecule has 0 saturated carbocycles. The summed E-state index contributed by atoms with van der Waals surface area (Å²) in [5, 5.41) is 12.9. The number of amides is 1. The summed E-state index contributed by atoms with van der Waals surface area (Å²) < 4.78 is 0. The Hall–Kier alpha value is -3.39.